The van der Waals surface area contributed by atoms with Crippen LogP contribution in [0.25, 0.3) is 0 Å². The van der Waals surface area contributed by atoms with Gasteiger partial charge in [0.25, 0.3) is 0 Å². The van der Waals surface area contributed by atoms with Crippen molar-refractivity contribution in [1.29, 1.82) is 0 Å². The minimum Gasteiger partial charge on any atom is -0.324 e. The molecule has 0 aromatic heterocycles. The molecule has 0 radical (unpaired) electrons. The van der Waals surface area contributed by atoms with E-state index in [0.29, 0.717) is 5.54 Å². The molecule has 0 aromatic carbocycles. The second-order valence-electron chi connectivity index (χ2n) is 3.23. The number of thioether (sulfide) groups is 1. The Hall–Kier alpha value is 0.310. The lowest BCUT2D eigenvalue weighted by molar-refractivity contribution is 0.608. The van der Waals surface area contributed by atoms with Gasteiger partial charge in [0.15, 0.2) is 0 Å². The molecule has 9 heavy (non-hydrogen) atoms. The monoisotopic (exact) mass is 143 g/mol. The maximum Gasteiger partial charge on any atom is 0.0276 e. The fourth-order valence-electron chi connectivity index (χ4n) is 1.50. The van der Waals surface area contributed by atoms with Gasteiger partial charge in [-0.1, -0.05) is 0 Å². The van der Waals surface area contributed by atoms with Gasteiger partial charge in [-0.25, -0.2) is 0 Å². The minimum absolute atomic E-state index is 0.293. The second kappa shape index (κ2) is 1.89. The summed E-state index contributed by atoms with van der Waals surface area (Å²) in [7, 11) is 0. The van der Waals surface area contributed by atoms with Gasteiger partial charge in [-0.3, -0.25) is 0 Å². The SMILES string of the molecule is NC1(C2CCCS2)CC1. The van der Waals surface area contributed by atoms with E-state index in [-0.39, 0.29) is 0 Å². The quantitative estimate of drug-likeness (QED) is 0.600. The summed E-state index contributed by atoms with van der Waals surface area (Å²) < 4.78 is 0. The molecule has 2 aliphatic rings. The topological polar surface area (TPSA) is 26.0 Å². The Morgan fingerprint density at radius 1 is 1.44 bits per heavy atom. The zero-order valence-corrected chi connectivity index (χ0v) is 6.41. The van der Waals surface area contributed by atoms with Crippen LogP contribution < -0.4 is 5.73 Å². The van der Waals surface area contributed by atoms with Crippen molar-refractivity contribution in [2.75, 3.05) is 5.75 Å². The lowest BCUT2D eigenvalue weighted by atomic mass is 10.1. The molecular formula is C7H13NS. The molecule has 2 N–H and O–H groups in total. The molecule has 0 spiro atoms. The van der Waals surface area contributed by atoms with Crippen LogP contribution in [0.4, 0.5) is 0 Å². The molecule has 1 unspecified atom stereocenters. The van der Waals surface area contributed by atoms with Crippen molar-refractivity contribution in [1.82, 2.24) is 0 Å². The van der Waals surface area contributed by atoms with E-state index in [2.05, 4.69) is 11.8 Å². The minimum atomic E-state index is 0.293. The molecule has 0 amide bonds. The van der Waals surface area contributed by atoms with Crippen molar-refractivity contribution in [2.45, 2.75) is 36.5 Å². The summed E-state index contributed by atoms with van der Waals surface area (Å²) in [5.41, 5.74) is 6.32. The predicted octanol–water partition coefficient (Wildman–Crippen LogP) is 1.37. The highest BCUT2D eigenvalue weighted by Crippen LogP contribution is 2.46. The molecule has 2 fully saturated rings. The fourth-order valence-corrected chi connectivity index (χ4v) is 3.02. The first-order valence-electron chi connectivity index (χ1n) is 3.72. The average Bonchev–Trinajstić information content (AvgIpc) is 2.46. The van der Waals surface area contributed by atoms with E-state index >= 15 is 0 Å². The standard InChI is InChI=1S/C7H13NS/c8-7(3-4-7)6-2-1-5-9-6/h6H,1-5,8H2. The summed E-state index contributed by atoms with van der Waals surface area (Å²) in [5, 5.41) is 0.817. The van der Waals surface area contributed by atoms with E-state index in [1.54, 1.807) is 0 Å². The lowest BCUT2D eigenvalue weighted by Crippen LogP contribution is -2.32. The van der Waals surface area contributed by atoms with E-state index in [9.17, 15) is 0 Å². The Bertz CT molecular complexity index is 114. The van der Waals surface area contributed by atoms with Gasteiger partial charge in [0.1, 0.15) is 0 Å². The Morgan fingerprint density at radius 3 is 2.67 bits per heavy atom. The molecule has 0 aromatic rings. The summed E-state index contributed by atoms with van der Waals surface area (Å²) >= 11 is 2.09. The highest BCUT2D eigenvalue weighted by molar-refractivity contribution is 8.00. The molecular weight excluding hydrogens is 130 g/mol. The first-order chi connectivity index (χ1) is 4.31. The van der Waals surface area contributed by atoms with Crippen molar-refractivity contribution >= 4 is 11.8 Å². The Kier molecular flexibility index (Phi) is 1.27. The molecule has 52 valence electrons. The van der Waals surface area contributed by atoms with Crippen LogP contribution in [0, 0.1) is 0 Å². The number of nitrogens with two attached hydrogens (primary N) is 1. The summed E-state index contributed by atoms with van der Waals surface area (Å²) in [6.07, 6.45) is 5.34. The number of hydrogen-bond acceptors (Lipinski definition) is 2. The van der Waals surface area contributed by atoms with Crippen molar-refractivity contribution in [3.8, 4) is 0 Å². The van der Waals surface area contributed by atoms with Crippen LogP contribution in [0.15, 0.2) is 0 Å². The molecule has 1 saturated carbocycles. The van der Waals surface area contributed by atoms with E-state index in [0.717, 1.165) is 5.25 Å². The van der Waals surface area contributed by atoms with E-state index < -0.39 is 0 Å². The van der Waals surface area contributed by atoms with Crippen molar-refractivity contribution < 1.29 is 0 Å². The molecule has 1 saturated heterocycles. The van der Waals surface area contributed by atoms with Crippen LogP contribution in [0.5, 0.6) is 0 Å². The largest absolute Gasteiger partial charge is 0.324 e. The molecule has 1 atom stereocenters. The number of hydrogen-bond donors (Lipinski definition) is 1. The van der Waals surface area contributed by atoms with Gasteiger partial charge >= 0.3 is 0 Å². The van der Waals surface area contributed by atoms with Crippen LogP contribution in [0.1, 0.15) is 25.7 Å². The summed E-state index contributed by atoms with van der Waals surface area (Å²) in [6.45, 7) is 0. The average molecular weight is 143 g/mol. The predicted molar refractivity (Wildman–Crippen MR) is 41.6 cm³/mol. The van der Waals surface area contributed by atoms with Gasteiger partial charge in [0.05, 0.1) is 0 Å². The molecule has 1 nitrogen and oxygen atoms in total. The maximum atomic E-state index is 6.03. The third-order valence-corrected chi connectivity index (χ3v) is 4.03. The van der Waals surface area contributed by atoms with E-state index in [1.807, 2.05) is 0 Å². The molecule has 1 aliphatic carbocycles. The van der Waals surface area contributed by atoms with Crippen molar-refractivity contribution in [3.63, 3.8) is 0 Å². The van der Waals surface area contributed by atoms with Crippen LogP contribution >= 0.6 is 11.8 Å². The first-order valence-corrected chi connectivity index (χ1v) is 4.77. The molecule has 2 rings (SSSR count). The number of rotatable bonds is 1. The van der Waals surface area contributed by atoms with Gasteiger partial charge in [-0.05, 0) is 31.4 Å². The molecule has 0 bridgehead atoms. The smallest absolute Gasteiger partial charge is 0.0276 e. The van der Waals surface area contributed by atoms with Crippen LogP contribution in [0.2, 0.25) is 0 Å². The third kappa shape index (κ3) is 0.987. The van der Waals surface area contributed by atoms with Gasteiger partial charge in [0.2, 0.25) is 0 Å². The van der Waals surface area contributed by atoms with Crippen molar-refractivity contribution in [3.05, 3.63) is 0 Å². The normalized spacial score (nSPS) is 39.0. The van der Waals surface area contributed by atoms with Gasteiger partial charge in [-0.2, -0.15) is 11.8 Å². The highest BCUT2D eigenvalue weighted by atomic mass is 32.2. The lowest BCUT2D eigenvalue weighted by Gasteiger charge is -2.15. The zero-order valence-electron chi connectivity index (χ0n) is 5.60. The van der Waals surface area contributed by atoms with E-state index in [1.165, 1.54) is 31.4 Å². The van der Waals surface area contributed by atoms with E-state index in [4.69, 9.17) is 5.73 Å². The van der Waals surface area contributed by atoms with Crippen LogP contribution in [0.3, 0.4) is 0 Å². The van der Waals surface area contributed by atoms with Crippen LogP contribution in [-0.2, 0) is 0 Å². The Balaban J connectivity index is 1.97. The third-order valence-electron chi connectivity index (χ3n) is 2.40. The van der Waals surface area contributed by atoms with Gasteiger partial charge in [-0.15, -0.1) is 0 Å². The first kappa shape index (κ1) is 6.05. The maximum absolute atomic E-state index is 6.03. The van der Waals surface area contributed by atoms with Gasteiger partial charge in [0, 0.05) is 10.8 Å². The highest BCUT2D eigenvalue weighted by Gasteiger charge is 2.46. The van der Waals surface area contributed by atoms with Gasteiger partial charge < -0.3 is 5.73 Å². The summed E-state index contributed by atoms with van der Waals surface area (Å²) in [6, 6.07) is 0. The summed E-state index contributed by atoms with van der Waals surface area (Å²) in [4.78, 5) is 0. The Labute approximate surface area is 60.4 Å². The van der Waals surface area contributed by atoms with Crippen molar-refractivity contribution in [2.24, 2.45) is 5.73 Å². The Morgan fingerprint density at radius 2 is 2.22 bits per heavy atom. The molecule has 1 aliphatic heterocycles. The zero-order chi connectivity index (χ0) is 6.32. The molecule has 2 heteroatoms. The summed E-state index contributed by atoms with van der Waals surface area (Å²) in [5.74, 6) is 1.35. The second-order valence-corrected chi connectivity index (χ2v) is 4.55. The molecule has 1 heterocycles. The fraction of sp³-hybridized carbons (Fsp3) is 1.00. The van der Waals surface area contributed by atoms with Crippen LogP contribution in [-0.4, -0.2) is 16.5 Å².